The van der Waals surface area contributed by atoms with Crippen LogP contribution < -0.4 is 5.32 Å². The highest BCUT2D eigenvalue weighted by molar-refractivity contribution is 7.07. The summed E-state index contributed by atoms with van der Waals surface area (Å²) in [6.07, 6.45) is 3.02. The van der Waals surface area contributed by atoms with Gasteiger partial charge in [-0.15, -0.1) is 11.3 Å². The highest BCUT2D eigenvalue weighted by atomic mass is 32.1. The molecular weight excluding hydrogens is 252 g/mol. The number of hydrogen-bond acceptors (Lipinski definition) is 4. The van der Waals surface area contributed by atoms with E-state index in [2.05, 4.69) is 10.3 Å². The Labute approximate surface area is 110 Å². The molecule has 2 N–H and O–H groups in total. The molecular formula is C12H18N2O3S. The van der Waals surface area contributed by atoms with Crippen LogP contribution in [0.1, 0.15) is 38.3 Å². The zero-order chi connectivity index (χ0) is 13.4. The topological polar surface area (TPSA) is 79.3 Å². The third-order valence-electron chi connectivity index (χ3n) is 2.57. The third-order valence-corrected chi connectivity index (χ3v) is 3.21. The maximum absolute atomic E-state index is 11.6. The van der Waals surface area contributed by atoms with Crippen molar-refractivity contribution in [3.05, 3.63) is 16.6 Å². The van der Waals surface area contributed by atoms with Gasteiger partial charge in [0.25, 0.3) is 0 Å². The lowest BCUT2D eigenvalue weighted by molar-refractivity contribution is -0.142. The monoisotopic (exact) mass is 270 g/mol. The third kappa shape index (κ3) is 5.27. The lowest BCUT2D eigenvalue weighted by atomic mass is 10.1. The number of carbonyl (C=O) groups excluding carboxylic acids is 1. The molecule has 1 aromatic heterocycles. The average molecular weight is 270 g/mol. The lowest BCUT2D eigenvalue weighted by Gasteiger charge is -2.13. The van der Waals surface area contributed by atoms with Gasteiger partial charge in [-0.2, -0.15) is 0 Å². The molecule has 0 aliphatic heterocycles. The Morgan fingerprint density at radius 2 is 2.33 bits per heavy atom. The molecule has 6 heteroatoms. The summed E-state index contributed by atoms with van der Waals surface area (Å²) >= 11 is 1.48. The molecule has 0 fully saturated rings. The van der Waals surface area contributed by atoms with Gasteiger partial charge >= 0.3 is 5.97 Å². The maximum atomic E-state index is 11.6. The van der Waals surface area contributed by atoms with E-state index in [4.69, 9.17) is 5.11 Å². The van der Waals surface area contributed by atoms with Crippen molar-refractivity contribution in [2.24, 2.45) is 0 Å². The number of rotatable bonds is 8. The van der Waals surface area contributed by atoms with Crippen LogP contribution in [0.3, 0.4) is 0 Å². The van der Waals surface area contributed by atoms with Crippen LogP contribution in [-0.4, -0.2) is 28.0 Å². The quantitative estimate of drug-likeness (QED) is 0.755. The normalized spacial score (nSPS) is 12.1. The summed E-state index contributed by atoms with van der Waals surface area (Å²) in [6, 6.07) is -0.770. The molecule has 1 rings (SSSR count). The standard InChI is InChI=1S/C12H18N2O3S/c1-2-3-4-10(12(16)17)14-11(15)6-5-9-7-18-8-13-9/h7-8,10H,2-6H2,1H3,(H,14,15)(H,16,17). The number of aliphatic carboxylic acids is 1. The highest BCUT2D eigenvalue weighted by Gasteiger charge is 2.18. The Kier molecular flexibility index (Phi) is 6.35. The van der Waals surface area contributed by atoms with Crippen LogP contribution in [0.2, 0.25) is 0 Å². The summed E-state index contributed by atoms with van der Waals surface area (Å²) in [6.45, 7) is 1.99. The van der Waals surface area contributed by atoms with Gasteiger partial charge in [-0.1, -0.05) is 19.8 Å². The second kappa shape index (κ2) is 7.81. The number of amides is 1. The molecule has 100 valence electrons. The first-order valence-corrected chi connectivity index (χ1v) is 6.97. The minimum Gasteiger partial charge on any atom is -0.480 e. The molecule has 0 aromatic carbocycles. The molecule has 1 heterocycles. The number of hydrogen-bond donors (Lipinski definition) is 2. The van der Waals surface area contributed by atoms with Crippen molar-refractivity contribution in [1.82, 2.24) is 10.3 Å². The Bertz CT molecular complexity index is 379. The minimum absolute atomic E-state index is 0.230. The molecule has 1 aromatic rings. The Hall–Kier alpha value is -1.43. The lowest BCUT2D eigenvalue weighted by Crippen LogP contribution is -2.40. The van der Waals surface area contributed by atoms with E-state index in [9.17, 15) is 9.59 Å². The molecule has 1 amide bonds. The number of nitrogens with zero attached hydrogens (tertiary/aromatic N) is 1. The minimum atomic E-state index is -0.967. The first-order valence-electron chi connectivity index (χ1n) is 6.02. The van der Waals surface area contributed by atoms with Crippen molar-refractivity contribution < 1.29 is 14.7 Å². The van der Waals surface area contributed by atoms with Crippen LogP contribution in [0.25, 0.3) is 0 Å². The average Bonchev–Trinajstić information content (AvgIpc) is 2.84. The molecule has 5 nitrogen and oxygen atoms in total. The molecule has 0 saturated carbocycles. The van der Waals surface area contributed by atoms with Gasteiger partial charge in [0.1, 0.15) is 6.04 Å². The Balaban J connectivity index is 2.34. The number of unbranched alkanes of at least 4 members (excludes halogenated alkanes) is 1. The zero-order valence-electron chi connectivity index (χ0n) is 10.4. The summed E-state index contributed by atoms with van der Waals surface area (Å²) < 4.78 is 0. The number of thiazole rings is 1. The number of aromatic nitrogens is 1. The molecule has 1 atom stereocenters. The smallest absolute Gasteiger partial charge is 0.326 e. The van der Waals surface area contributed by atoms with Crippen molar-refractivity contribution in [2.75, 3.05) is 0 Å². The second-order valence-corrected chi connectivity index (χ2v) is 4.80. The van der Waals surface area contributed by atoms with Gasteiger partial charge in [-0.05, 0) is 12.8 Å². The van der Waals surface area contributed by atoms with Gasteiger partial charge < -0.3 is 10.4 Å². The molecule has 0 saturated heterocycles. The number of carboxylic acid groups (broad SMARTS) is 1. The van der Waals surface area contributed by atoms with E-state index in [1.54, 1.807) is 5.51 Å². The van der Waals surface area contributed by atoms with Crippen LogP contribution in [0.4, 0.5) is 0 Å². The van der Waals surface area contributed by atoms with E-state index in [0.717, 1.165) is 18.5 Å². The fourth-order valence-electron chi connectivity index (χ4n) is 1.53. The van der Waals surface area contributed by atoms with Crippen molar-refractivity contribution >= 4 is 23.2 Å². The van der Waals surface area contributed by atoms with Crippen LogP contribution >= 0.6 is 11.3 Å². The summed E-state index contributed by atoms with van der Waals surface area (Å²) in [5, 5.41) is 13.4. The van der Waals surface area contributed by atoms with E-state index >= 15 is 0 Å². The molecule has 1 unspecified atom stereocenters. The van der Waals surface area contributed by atoms with Crippen molar-refractivity contribution in [1.29, 1.82) is 0 Å². The first-order chi connectivity index (χ1) is 8.63. The Morgan fingerprint density at radius 3 is 2.89 bits per heavy atom. The van der Waals surface area contributed by atoms with Crippen LogP contribution in [0, 0.1) is 0 Å². The number of nitrogens with one attached hydrogen (secondary N) is 1. The van der Waals surface area contributed by atoms with E-state index in [1.165, 1.54) is 11.3 Å². The van der Waals surface area contributed by atoms with Crippen molar-refractivity contribution in [3.63, 3.8) is 0 Å². The van der Waals surface area contributed by atoms with E-state index in [1.807, 2.05) is 12.3 Å². The number of aryl methyl sites for hydroxylation is 1. The predicted octanol–water partition coefficient (Wildman–Crippen LogP) is 1.84. The maximum Gasteiger partial charge on any atom is 0.326 e. The van der Waals surface area contributed by atoms with Crippen LogP contribution in [-0.2, 0) is 16.0 Å². The first kappa shape index (κ1) is 14.6. The summed E-state index contributed by atoms with van der Waals surface area (Å²) in [5.41, 5.74) is 2.59. The molecule has 0 aliphatic rings. The van der Waals surface area contributed by atoms with E-state index in [0.29, 0.717) is 12.8 Å². The van der Waals surface area contributed by atoms with Crippen LogP contribution in [0.15, 0.2) is 10.9 Å². The molecule has 0 bridgehead atoms. The number of carbonyl (C=O) groups is 2. The Morgan fingerprint density at radius 1 is 1.56 bits per heavy atom. The zero-order valence-corrected chi connectivity index (χ0v) is 11.2. The van der Waals surface area contributed by atoms with Crippen LogP contribution in [0.5, 0.6) is 0 Å². The van der Waals surface area contributed by atoms with Crippen molar-refractivity contribution in [3.8, 4) is 0 Å². The van der Waals surface area contributed by atoms with Crippen molar-refractivity contribution in [2.45, 2.75) is 45.1 Å². The second-order valence-electron chi connectivity index (χ2n) is 4.08. The van der Waals surface area contributed by atoms with E-state index < -0.39 is 12.0 Å². The molecule has 0 spiro atoms. The highest BCUT2D eigenvalue weighted by Crippen LogP contribution is 2.05. The largest absolute Gasteiger partial charge is 0.480 e. The SMILES string of the molecule is CCCCC(NC(=O)CCc1cscn1)C(=O)O. The van der Waals surface area contributed by atoms with Gasteiger partial charge in [-0.3, -0.25) is 4.79 Å². The van der Waals surface area contributed by atoms with E-state index in [-0.39, 0.29) is 12.3 Å². The predicted molar refractivity (Wildman–Crippen MR) is 69.5 cm³/mol. The van der Waals surface area contributed by atoms with Gasteiger partial charge in [-0.25, -0.2) is 9.78 Å². The fourth-order valence-corrected chi connectivity index (χ4v) is 2.13. The summed E-state index contributed by atoms with van der Waals surface area (Å²) in [7, 11) is 0. The van der Waals surface area contributed by atoms with Gasteiger partial charge in [0, 0.05) is 11.8 Å². The summed E-state index contributed by atoms with van der Waals surface area (Å²) in [5.74, 6) is -1.20. The molecule has 18 heavy (non-hydrogen) atoms. The van der Waals surface area contributed by atoms with Gasteiger partial charge in [0.2, 0.25) is 5.91 Å². The fraction of sp³-hybridized carbons (Fsp3) is 0.583. The molecule has 0 aliphatic carbocycles. The number of carboxylic acids is 1. The summed E-state index contributed by atoms with van der Waals surface area (Å²) in [4.78, 5) is 26.6. The molecule has 0 radical (unpaired) electrons. The van der Waals surface area contributed by atoms with Gasteiger partial charge in [0.05, 0.1) is 11.2 Å². The van der Waals surface area contributed by atoms with Gasteiger partial charge in [0.15, 0.2) is 0 Å².